The SMILES string of the molecule is CN1CCCCC1CNCc1ccc(Cl)c(F)c1. The van der Waals surface area contributed by atoms with E-state index in [1.807, 2.05) is 6.07 Å². The average molecular weight is 271 g/mol. The first-order chi connectivity index (χ1) is 8.66. The fourth-order valence-electron chi connectivity index (χ4n) is 2.43. The number of hydrogen-bond donors (Lipinski definition) is 1. The summed E-state index contributed by atoms with van der Waals surface area (Å²) in [6.45, 7) is 2.83. The molecule has 1 aromatic carbocycles. The lowest BCUT2D eigenvalue weighted by molar-refractivity contribution is 0.181. The third-order valence-electron chi connectivity index (χ3n) is 3.61. The Morgan fingerprint density at radius 3 is 3.00 bits per heavy atom. The Kier molecular flexibility index (Phi) is 4.98. The maximum atomic E-state index is 13.3. The molecule has 1 aliphatic rings. The van der Waals surface area contributed by atoms with Gasteiger partial charge in [0.25, 0.3) is 0 Å². The summed E-state index contributed by atoms with van der Waals surface area (Å²) in [6, 6.07) is 5.58. The van der Waals surface area contributed by atoms with Crippen molar-refractivity contribution < 1.29 is 4.39 Å². The minimum Gasteiger partial charge on any atom is -0.311 e. The molecule has 1 heterocycles. The maximum absolute atomic E-state index is 13.3. The van der Waals surface area contributed by atoms with Gasteiger partial charge in [0.05, 0.1) is 5.02 Å². The fraction of sp³-hybridized carbons (Fsp3) is 0.571. The standard InChI is InChI=1S/C14H20ClFN2/c1-18-7-3-2-4-12(18)10-17-9-11-5-6-13(15)14(16)8-11/h5-6,8,12,17H,2-4,7,9-10H2,1H3. The van der Waals surface area contributed by atoms with Gasteiger partial charge in [0.1, 0.15) is 5.82 Å². The van der Waals surface area contributed by atoms with E-state index in [9.17, 15) is 4.39 Å². The zero-order valence-electron chi connectivity index (χ0n) is 10.8. The molecule has 0 saturated carbocycles. The van der Waals surface area contributed by atoms with Crippen molar-refractivity contribution in [2.45, 2.75) is 31.8 Å². The topological polar surface area (TPSA) is 15.3 Å². The highest BCUT2D eigenvalue weighted by atomic mass is 35.5. The molecular weight excluding hydrogens is 251 g/mol. The number of halogens is 2. The normalized spacial score (nSPS) is 21.2. The Morgan fingerprint density at radius 1 is 1.44 bits per heavy atom. The molecule has 0 bridgehead atoms. The highest BCUT2D eigenvalue weighted by molar-refractivity contribution is 6.30. The van der Waals surface area contributed by atoms with Crippen molar-refractivity contribution in [3.8, 4) is 0 Å². The lowest BCUT2D eigenvalue weighted by Gasteiger charge is -2.32. The number of likely N-dealkylation sites (N-methyl/N-ethyl adjacent to an activating group) is 1. The largest absolute Gasteiger partial charge is 0.311 e. The fourth-order valence-corrected chi connectivity index (χ4v) is 2.55. The van der Waals surface area contributed by atoms with Crippen LogP contribution in [0.5, 0.6) is 0 Å². The predicted octanol–water partition coefficient (Wildman–Crippen LogP) is 3.05. The molecule has 0 spiro atoms. The minimum atomic E-state index is -0.342. The van der Waals surface area contributed by atoms with Gasteiger partial charge in [-0.25, -0.2) is 4.39 Å². The van der Waals surface area contributed by atoms with Gasteiger partial charge < -0.3 is 10.2 Å². The lowest BCUT2D eigenvalue weighted by atomic mass is 10.0. The monoisotopic (exact) mass is 270 g/mol. The van der Waals surface area contributed by atoms with Crippen molar-refractivity contribution >= 4 is 11.6 Å². The number of benzene rings is 1. The van der Waals surface area contributed by atoms with E-state index in [2.05, 4.69) is 17.3 Å². The van der Waals surface area contributed by atoms with Crippen LogP contribution in [0.25, 0.3) is 0 Å². The van der Waals surface area contributed by atoms with Gasteiger partial charge in [0, 0.05) is 19.1 Å². The lowest BCUT2D eigenvalue weighted by Crippen LogP contribution is -2.42. The molecule has 0 amide bonds. The van der Waals surface area contributed by atoms with Crippen molar-refractivity contribution in [2.75, 3.05) is 20.1 Å². The summed E-state index contributed by atoms with van der Waals surface area (Å²) in [6.07, 6.45) is 3.86. The van der Waals surface area contributed by atoms with Crippen LogP contribution in [-0.2, 0) is 6.54 Å². The van der Waals surface area contributed by atoms with E-state index in [4.69, 9.17) is 11.6 Å². The molecule has 1 fully saturated rings. The predicted molar refractivity (Wildman–Crippen MR) is 73.4 cm³/mol. The summed E-state index contributed by atoms with van der Waals surface area (Å²) in [5.41, 5.74) is 0.940. The van der Waals surface area contributed by atoms with E-state index >= 15 is 0 Å². The number of hydrogen-bond acceptors (Lipinski definition) is 2. The van der Waals surface area contributed by atoms with Gasteiger partial charge >= 0.3 is 0 Å². The zero-order valence-corrected chi connectivity index (χ0v) is 11.5. The van der Waals surface area contributed by atoms with Crippen LogP contribution < -0.4 is 5.32 Å². The van der Waals surface area contributed by atoms with Crippen LogP contribution in [0.3, 0.4) is 0 Å². The van der Waals surface area contributed by atoms with Crippen LogP contribution in [0.4, 0.5) is 4.39 Å². The summed E-state index contributed by atoms with van der Waals surface area (Å²) in [5, 5.41) is 3.58. The van der Waals surface area contributed by atoms with Crippen molar-refractivity contribution in [2.24, 2.45) is 0 Å². The Hall–Kier alpha value is -0.640. The first-order valence-corrected chi connectivity index (χ1v) is 6.89. The van der Waals surface area contributed by atoms with Crippen LogP contribution in [0.1, 0.15) is 24.8 Å². The van der Waals surface area contributed by atoms with E-state index in [0.29, 0.717) is 12.6 Å². The molecule has 1 unspecified atom stereocenters. The van der Waals surface area contributed by atoms with Crippen molar-refractivity contribution in [3.63, 3.8) is 0 Å². The number of rotatable bonds is 4. The maximum Gasteiger partial charge on any atom is 0.142 e. The molecule has 1 N–H and O–H groups in total. The van der Waals surface area contributed by atoms with Crippen LogP contribution in [0.2, 0.25) is 5.02 Å². The van der Waals surface area contributed by atoms with Gasteiger partial charge in [-0.3, -0.25) is 0 Å². The molecular formula is C14H20ClFN2. The molecule has 2 rings (SSSR count). The van der Waals surface area contributed by atoms with E-state index in [-0.39, 0.29) is 10.8 Å². The summed E-state index contributed by atoms with van der Waals surface area (Å²) >= 11 is 5.65. The first kappa shape index (κ1) is 13.8. The van der Waals surface area contributed by atoms with Gasteiger partial charge in [0.15, 0.2) is 0 Å². The van der Waals surface area contributed by atoms with E-state index in [1.165, 1.54) is 31.9 Å². The van der Waals surface area contributed by atoms with Crippen LogP contribution in [0, 0.1) is 5.82 Å². The molecule has 1 saturated heterocycles. The highest BCUT2D eigenvalue weighted by Gasteiger charge is 2.17. The second kappa shape index (κ2) is 6.50. The Labute approximate surface area is 113 Å². The quantitative estimate of drug-likeness (QED) is 0.905. The minimum absolute atomic E-state index is 0.186. The number of likely N-dealkylation sites (tertiary alicyclic amines) is 1. The smallest absolute Gasteiger partial charge is 0.142 e. The van der Waals surface area contributed by atoms with Crippen molar-refractivity contribution in [3.05, 3.63) is 34.6 Å². The molecule has 1 atom stereocenters. The zero-order chi connectivity index (χ0) is 13.0. The second-order valence-electron chi connectivity index (χ2n) is 5.01. The highest BCUT2D eigenvalue weighted by Crippen LogP contribution is 2.16. The molecule has 2 nitrogen and oxygen atoms in total. The molecule has 4 heteroatoms. The van der Waals surface area contributed by atoms with Crippen LogP contribution >= 0.6 is 11.6 Å². The van der Waals surface area contributed by atoms with E-state index < -0.39 is 0 Å². The number of nitrogens with zero attached hydrogens (tertiary/aromatic N) is 1. The molecule has 0 radical (unpaired) electrons. The van der Waals surface area contributed by atoms with Crippen molar-refractivity contribution in [1.82, 2.24) is 10.2 Å². The molecule has 0 aromatic heterocycles. The molecule has 0 aliphatic carbocycles. The number of piperidine rings is 1. The second-order valence-corrected chi connectivity index (χ2v) is 5.42. The van der Waals surface area contributed by atoms with Crippen molar-refractivity contribution in [1.29, 1.82) is 0 Å². The average Bonchev–Trinajstić information content (AvgIpc) is 2.36. The summed E-state index contributed by atoms with van der Waals surface area (Å²) in [7, 11) is 2.17. The van der Waals surface area contributed by atoms with E-state index in [1.54, 1.807) is 6.07 Å². The van der Waals surface area contributed by atoms with E-state index in [0.717, 1.165) is 12.1 Å². The van der Waals surface area contributed by atoms with Gasteiger partial charge in [0.2, 0.25) is 0 Å². The Balaban J connectivity index is 1.79. The number of nitrogens with one attached hydrogen (secondary N) is 1. The van der Waals surface area contributed by atoms with Crippen LogP contribution in [-0.4, -0.2) is 31.1 Å². The summed E-state index contributed by atoms with van der Waals surface area (Å²) in [5.74, 6) is -0.342. The van der Waals surface area contributed by atoms with Crippen LogP contribution in [0.15, 0.2) is 18.2 Å². The van der Waals surface area contributed by atoms with Gasteiger partial charge in [-0.15, -0.1) is 0 Å². The third kappa shape index (κ3) is 3.67. The third-order valence-corrected chi connectivity index (χ3v) is 3.92. The molecule has 1 aliphatic heterocycles. The Bertz CT molecular complexity index is 397. The molecule has 18 heavy (non-hydrogen) atoms. The summed E-state index contributed by atoms with van der Waals surface area (Å²) in [4.78, 5) is 2.40. The molecule has 1 aromatic rings. The Morgan fingerprint density at radius 2 is 2.28 bits per heavy atom. The van der Waals surface area contributed by atoms with Gasteiger partial charge in [-0.1, -0.05) is 24.1 Å². The first-order valence-electron chi connectivity index (χ1n) is 6.51. The summed E-state index contributed by atoms with van der Waals surface area (Å²) < 4.78 is 13.3. The molecule has 100 valence electrons. The van der Waals surface area contributed by atoms with Gasteiger partial charge in [-0.2, -0.15) is 0 Å². The van der Waals surface area contributed by atoms with Gasteiger partial charge in [-0.05, 0) is 44.1 Å².